The van der Waals surface area contributed by atoms with Gasteiger partial charge < -0.3 is 4.90 Å². The molecule has 0 bridgehead atoms. The lowest BCUT2D eigenvalue weighted by Gasteiger charge is -2.30. The number of thioether (sulfide) groups is 1. The first-order chi connectivity index (χ1) is 5.88. The van der Waals surface area contributed by atoms with E-state index in [0.29, 0.717) is 0 Å². The third kappa shape index (κ3) is 1.79. The van der Waals surface area contributed by atoms with Gasteiger partial charge >= 0.3 is 0 Å². The predicted molar refractivity (Wildman–Crippen MR) is 55.4 cm³/mol. The summed E-state index contributed by atoms with van der Waals surface area (Å²) >= 11 is 9.41. The molecular weight excluding hydrogens is 214 g/mol. The van der Waals surface area contributed by atoms with Crippen molar-refractivity contribution in [1.82, 2.24) is 14.3 Å². The molecule has 12 heavy (non-hydrogen) atoms. The minimum absolute atomic E-state index is 1.09. The largest absolute Gasteiger partial charge is 0.354 e. The molecule has 0 saturated carbocycles. The second-order valence-electron chi connectivity index (χ2n) is 2.57. The smallest absolute Gasteiger partial charge is 0.144 e. The van der Waals surface area contributed by atoms with Crippen LogP contribution in [0.1, 0.15) is 0 Å². The predicted octanol–water partition coefficient (Wildman–Crippen LogP) is 1.46. The Balaban J connectivity index is 1.97. The van der Waals surface area contributed by atoms with Gasteiger partial charge in [-0.05, 0) is 11.9 Å². The zero-order valence-electron chi connectivity index (χ0n) is 6.49. The van der Waals surface area contributed by atoms with Gasteiger partial charge in [-0.15, -0.1) is 0 Å². The Labute approximate surface area is 85.7 Å². The molecule has 2 aliphatic heterocycles. The second-order valence-corrected chi connectivity index (χ2v) is 4.78. The number of hydrogen-bond acceptors (Lipinski definition) is 5. The van der Waals surface area contributed by atoms with Crippen molar-refractivity contribution in [2.24, 2.45) is 0 Å². The highest BCUT2D eigenvalue weighted by Gasteiger charge is 2.21. The monoisotopic (exact) mass is 223 g/mol. The van der Waals surface area contributed by atoms with Gasteiger partial charge in [0.1, 0.15) is 5.82 Å². The van der Waals surface area contributed by atoms with Crippen LogP contribution in [0.5, 0.6) is 0 Å². The second kappa shape index (κ2) is 4.00. The van der Waals surface area contributed by atoms with E-state index >= 15 is 0 Å². The number of nitrogens with one attached hydrogen (secondary N) is 1. The van der Waals surface area contributed by atoms with Gasteiger partial charge in [0.2, 0.25) is 0 Å². The van der Waals surface area contributed by atoms with E-state index in [4.69, 9.17) is 11.8 Å². The molecule has 68 valence electrons. The van der Waals surface area contributed by atoms with Crippen LogP contribution in [-0.4, -0.2) is 34.0 Å². The first-order valence-electron chi connectivity index (χ1n) is 3.78. The van der Waals surface area contributed by atoms with E-state index in [1.54, 1.807) is 4.53 Å². The van der Waals surface area contributed by atoms with Crippen molar-refractivity contribution >= 4 is 35.5 Å². The Bertz CT molecular complexity index is 193. The Kier molecular flexibility index (Phi) is 2.96. The van der Waals surface area contributed by atoms with Gasteiger partial charge in [-0.1, -0.05) is 0 Å². The average molecular weight is 224 g/mol. The van der Waals surface area contributed by atoms with Crippen LogP contribution < -0.4 is 4.83 Å². The van der Waals surface area contributed by atoms with E-state index in [1.165, 1.54) is 23.5 Å². The zero-order chi connectivity index (χ0) is 8.39. The van der Waals surface area contributed by atoms with Crippen molar-refractivity contribution in [1.29, 1.82) is 0 Å². The maximum Gasteiger partial charge on any atom is 0.144 e. The molecule has 0 radical (unpaired) electrons. The van der Waals surface area contributed by atoms with Gasteiger partial charge in [-0.2, -0.15) is 21.1 Å². The third-order valence-electron chi connectivity index (χ3n) is 1.83. The molecule has 0 atom stereocenters. The lowest BCUT2D eigenvalue weighted by Crippen LogP contribution is -2.37. The van der Waals surface area contributed by atoms with Crippen molar-refractivity contribution in [2.45, 2.75) is 0 Å². The number of nitrogens with zero attached hydrogens (tertiary/aromatic N) is 2. The number of hydrazine groups is 1. The molecule has 0 spiro atoms. The molecule has 0 aromatic carbocycles. The van der Waals surface area contributed by atoms with Crippen molar-refractivity contribution in [3.8, 4) is 0 Å². The van der Waals surface area contributed by atoms with Crippen LogP contribution in [0.2, 0.25) is 0 Å². The van der Waals surface area contributed by atoms with Crippen molar-refractivity contribution in [2.75, 3.05) is 24.6 Å². The Morgan fingerprint density at radius 3 is 2.75 bits per heavy atom. The topological polar surface area (TPSA) is 18.5 Å². The van der Waals surface area contributed by atoms with Crippen LogP contribution in [0.25, 0.3) is 0 Å². The molecule has 0 aromatic rings. The lowest BCUT2D eigenvalue weighted by molar-refractivity contribution is 0.295. The SMILES string of the molecule is ClN1NSC=C1N1CCSCC1. The van der Waals surface area contributed by atoms with E-state index in [1.807, 2.05) is 17.2 Å². The molecule has 0 unspecified atom stereocenters. The van der Waals surface area contributed by atoms with E-state index in [0.717, 1.165) is 18.9 Å². The number of rotatable bonds is 1. The summed E-state index contributed by atoms with van der Waals surface area (Å²) in [5, 5.41) is 2.04. The van der Waals surface area contributed by atoms with Crippen LogP contribution in [0.4, 0.5) is 0 Å². The van der Waals surface area contributed by atoms with Gasteiger partial charge in [0, 0.05) is 41.8 Å². The maximum atomic E-state index is 5.90. The summed E-state index contributed by atoms with van der Waals surface area (Å²) in [5.74, 6) is 3.49. The fourth-order valence-electron chi connectivity index (χ4n) is 1.21. The molecule has 3 nitrogen and oxygen atoms in total. The van der Waals surface area contributed by atoms with Crippen molar-refractivity contribution < 1.29 is 0 Å². The maximum absolute atomic E-state index is 5.90. The molecule has 0 aromatic heterocycles. The quantitative estimate of drug-likeness (QED) is 0.534. The van der Waals surface area contributed by atoms with Crippen LogP contribution >= 0.6 is 35.5 Å². The highest BCUT2D eigenvalue weighted by atomic mass is 35.5. The van der Waals surface area contributed by atoms with Crippen molar-refractivity contribution in [3.05, 3.63) is 11.2 Å². The van der Waals surface area contributed by atoms with E-state index in [9.17, 15) is 0 Å². The van der Waals surface area contributed by atoms with Crippen LogP contribution in [-0.2, 0) is 0 Å². The molecule has 2 rings (SSSR count). The Morgan fingerprint density at radius 2 is 2.17 bits per heavy atom. The minimum atomic E-state index is 1.09. The van der Waals surface area contributed by atoms with E-state index in [-0.39, 0.29) is 0 Å². The Morgan fingerprint density at radius 1 is 1.42 bits per heavy atom. The molecular formula is C6H10ClN3S2. The molecule has 1 fully saturated rings. The van der Waals surface area contributed by atoms with E-state index < -0.39 is 0 Å². The van der Waals surface area contributed by atoms with Crippen LogP contribution in [0, 0.1) is 0 Å². The Hall–Kier alpha value is 0.290. The summed E-state index contributed by atoms with van der Waals surface area (Å²) in [7, 11) is 0. The minimum Gasteiger partial charge on any atom is -0.354 e. The summed E-state index contributed by atoms with van der Waals surface area (Å²) in [6.45, 7) is 2.20. The fraction of sp³-hybridized carbons (Fsp3) is 0.667. The van der Waals surface area contributed by atoms with Crippen LogP contribution in [0.15, 0.2) is 11.2 Å². The van der Waals surface area contributed by atoms with Gasteiger partial charge in [0.25, 0.3) is 0 Å². The summed E-state index contributed by atoms with van der Waals surface area (Å²) < 4.78 is 1.56. The fourth-order valence-corrected chi connectivity index (χ4v) is 3.04. The normalized spacial score (nSPS) is 24.6. The van der Waals surface area contributed by atoms with Crippen LogP contribution in [0.3, 0.4) is 0 Å². The van der Waals surface area contributed by atoms with E-state index in [2.05, 4.69) is 9.73 Å². The van der Waals surface area contributed by atoms with Gasteiger partial charge in [-0.3, -0.25) is 0 Å². The number of hydrogen-bond donors (Lipinski definition) is 1. The summed E-state index contributed by atoms with van der Waals surface area (Å²) in [5.41, 5.74) is 0. The third-order valence-corrected chi connectivity index (χ3v) is 3.75. The number of halogens is 1. The van der Waals surface area contributed by atoms with Gasteiger partial charge in [0.05, 0.1) is 0 Å². The van der Waals surface area contributed by atoms with Gasteiger partial charge in [0.15, 0.2) is 0 Å². The first-order valence-corrected chi connectivity index (χ1v) is 6.15. The molecule has 6 heteroatoms. The summed E-state index contributed by atoms with van der Waals surface area (Å²) in [4.78, 5) is 5.24. The zero-order valence-corrected chi connectivity index (χ0v) is 8.88. The molecule has 2 heterocycles. The molecule has 2 aliphatic rings. The lowest BCUT2D eigenvalue weighted by atomic mass is 10.5. The molecule has 0 aliphatic carbocycles. The molecule has 1 N–H and O–H groups in total. The molecule has 1 saturated heterocycles. The van der Waals surface area contributed by atoms with Crippen molar-refractivity contribution in [3.63, 3.8) is 0 Å². The standard InChI is InChI=1S/C6H10ClN3S2/c7-10-6(5-12-8-10)9-1-3-11-4-2-9/h5,8H,1-4H2. The average Bonchev–Trinajstić information content (AvgIpc) is 2.53. The highest BCUT2D eigenvalue weighted by molar-refractivity contribution is 8.00. The summed E-state index contributed by atoms with van der Waals surface area (Å²) in [6.07, 6.45) is 0. The first kappa shape index (κ1) is 8.87. The van der Waals surface area contributed by atoms with Gasteiger partial charge in [-0.25, -0.2) is 0 Å². The molecule has 0 amide bonds. The highest BCUT2D eigenvalue weighted by Crippen LogP contribution is 2.25. The summed E-state index contributed by atoms with van der Waals surface area (Å²) in [6, 6.07) is 0.